The largest absolute Gasteiger partial charge is 0.444 e. The van der Waals surface area contributed by atoms with Gasteiger partial charge in [0, 0.05) is 13.1 Å². The molecule has 0 saturated carbocycles. The maximum absolute atomic E-state index is 13.6. The molecule has 1 aromatic rings. The van der Waals surface area contributed by atoms with E-state index >= 15 is 0 Å². The molecule has 0 aliphatic rings. The molecule has 0 heterocycles. The van der Waals surface area contributed by atoms with Crippen LogP contribution in [0, 0.1) is 0 Å². The molecule has 0 aliphatic carbocycles. The fraction of sp³-hybridized carbons (Fsp3) is 0.654. The minimum Gasteiger partial charge on any atom is -0.444 e. The number of benzene rings is 1. The minimum atomic E-state index is -0.810. The second kappa shape index (κ2) is 14.2. The SMILES string of the molecule is CCCC(C)NC(=O)C(c1ccc(CC)cc1)N(C)C(=O)C(CCSC)NC(=O)OC(C)(C)C. The molecule has 0 aromatic heterocycles. The number of alkyl carbamates (subject to hydrolysis) is 1. The monoisotopic (exact) mass is 493 g/mol. The summed E-state index contributed by atoms with van der Waals surface area (Å²) in [6.45, 7) is 11.4. The summed E-state index contributed by atoms with van der Waals surface area (Å²) in [6.07, 6.45) is 4.41. The Labute approximate surface area is 209 Å². The van der Waals surface area contributed by atoms with Gasteiger partial charge in [0.2, 0.25) is 11.8 Å². The molecular formula is C26H43N3O4S. The molecule has 192 valence electrons. The van der Waals surface area contributed by atoms with E-state index in [0.29, 0.717) is 12.2 Å². The lowest BCUT2D eigenvalue weighted by Gasteiger charge is -2.32. The smallest absolute Gasteiger partial charge is 0.408 e. The Kier molecular flexibility index (Phi) is 12.5. The highest BCUT2D eigenvalue weighted by molar-refractivity contribution is 7.98. The number of thioether (sulfide) groups is 1. The fourth-order valence-electron chi connectivity index (χ4n) is 3.63. The van der Waals surface area contributed by atoms with Gasteiger partial charge in [-0.15, -0.1) is 0 Å². The average molecular weight is 494 g/mol. The molecule has 8 heteroatoms. The minimum absolute atomic E-state index is 0.00871. The molecule has 3 atom stereocenters. The van der Waals surface area contributed by atoms with Gasteiger partial charge in [0.05, 0.1) is 0 Å². The highest BCUT2D eigenvalue weighted by Crippen LogP contribution is 2.23. The van der Waals surface area contributed by atoms with E-state index in [1.807, 2.05) is 37.4 Å². The number of hydrogen-bond donors (Lipinski definition) is 2. The molecule has 0 radical (unpaired) electrons. The van der Waals surface area contributed by atoms with Gasteiger partial charge in [0.25, 0.3) is 0 Å². The first-order valence-corrected chi connectivity index (χ1v) is 13.5. The molecule has 3 unspecified atom stereocenters. The molecular weight excluding hydrogens is 450 g/mol. The van der Waals surface area contributed by atoms with Crippen LogP contribution in [-0.4, -0.2) is 59.5 Å². The van der Waals surface area contributed by atoms with E-state index in [0.717, 1.165) is 30.4 Å². The molecule has 0 spiro atoms. The molecule has 0 fully saturated rings. The Hall–Kier alpha value is -2.22. The van der Waals surface area contributed by atoms with Gasteiger partial charge in [-0.1, -0.05) is 44.5 Å². The van der Waals surface area contributed by atoms with Gasteiger partial charge < -0.3 is 20.3 Å². The first-order valence-electron chi connectivity index (χ1n) is 12.1. The van der Waals surface area contributed by atoms with Gasteiger partial charge in [-0.3, -0.25) is 9.59 Å². The van der Waals surface area contributed by atoms with Crippen molar-refractivity contribution in [1.29, 1.82) is 0 Å². The lowest BCUT2D eigenvalue weighted by Crippen LogP contribution is -2.52. The van der Waals surface area contributed by atoms with Gasteiger partial charge in [-0.2, -0.15) is 11.8 Å². The number of hydrogen-bond acceptors (Lipinski definition) is 5. The summed E-state index contributed by atoms with van der Waals surface area (Å²) in [5.74, 6) is 0.111. The van der Waals surface area contributed by atoms with E-state index in [1.54, 1.807) is 39.6 Å². The van der Waals surface area contributed by atoms with Crippen LogP contribution in [0.15, 0.2) is 24.3 Å². The normalized spacial score (nSPS) is 14.0. The summed E-state index contributed by atoms with van der Waals surface area (Å²) in [7, 11) is 1.62. The van der Waals surface area contributed by atoms with E-state index in [2.05, 4.69) is 24.5 Å². The highest BCUT2D eigenvalue weighted by Gasteiger charge is 2.34. The number of carbonyl (C=O) groups excluding carboxylic acids is 3. The quantitative estimate of drug-likeness (QED) is 0.441. The zero-order chi connectivity index (χ0) is 25.9. The Morgan fingerprint density at radius 1 is 1.06 bits per heavy atom. The molecule has 1 rings (SSSR count). The van der Waals surface area contributed by atoms with Crippen LogP contribution in [0.25, 0.3) is 0 Å². The number of rotatable bonds is 12. The number of nitrogens with one attached hydrogen (secondary N) is 2. The number of ether oxygens (including phenoxy) is 1. The zero-order valence-electron chi connectivity index (χ0n) is 22.1. The first kappa shape index (κ1) is 29.8. The third kappa shape index (κ3) is 9.95. The van der Waals surface area contributed by atoms with Crippen molar-refractivity contribution in [1.82, 2.24) is 15.5 Å². The molecule has 1 aromatic carbocycles. The molecule has 0 aliphatic heterocycles. The second-order valence-electron chi connectivity index (χ2n) is 9.63. The molecule has 34 heavy (non-hydrogen) atoms. The topological polar surface area (TPSA) is 87.7 Å². The maximum Gasteiger partial charge on any atom is 0.408 e. The third-order valence-electron chi connectivity index (χ3n) is 5.40. The van der Waals surface area contributed by atoms with Crippen molar-refractivity contribution in [3.63, 3.8) is 0 Å². The van der Waals surface area contributed by atoms with Gasteiger partial charge in [0.15, 0.2) is 0 Å². The summed E-state index contributed by atoms with van der Waals surface area (Å²) in [4.78, 5) is 40.8. The Morgan fingerprint density at radius 3 is 2.18 bits per heavy atom. The van der Waals surface area contributed by atoms with E-state index < -0.39 is 23.8 Å². The van der Waals surface area contributed by atoms with E-state index in [4.69, 9.17) is 4.74 Å². The summed E-state index contributed by atoms with van der Waals surface area (Å²) < 4.78 is 5.37. The predicted octanol–water partition coefficient (Wildman–Crippen LogP) is 4.70. The standard InChI is InChI=1S/C26H43N3O4S/c1-9-11-18(3)27-23(30)22(20-14-12-19(10-2)13-15-20)29(7)24(31)21(16-17-34-8)28-25(32)33-26(4,5)6/h12-15,18,21-22H,9-11,16-17H2,1-8H3,(H,27,30)(H,28,32). The Morgan fingerprint density at radius 2 is 1.68 bits per heavy atom. The number of carbonyl (C=O) groups is 3. The highest BCUT2D eigenvalue weighted by atomic mass is 32.2. The molecule has 0 bridgehead atoms. The average Bonchev–Trinajstić information content (AvgIpc) is 2.75. The molecule has 0 saturated heterocycles. The van der Waals surface area contributed by atoms with Crippen LogP contribution in [0.2, 0.25) is 0 Å². The van der Waals surface area contributed by atoms with E-state index in [-0.39, 0.29) is 17.9 Å². The van der Waals surface area contributed by atoms with Crippen molar-refractivity contribution >= 4 is 29.7 Å². The lowest BCUT2D eigenvalue weighted by atomic mass is 10.0. The van der Waals surface area contributed by atoms with Crippen LogP contribution in [0.4, 0.5) is 4.79 Å². The van der Waals surface area contributed by atoms with Crippen LogP contribution in [0.1, 0.15) is 78.0 Å². The van der Waals surface area contributed by atoms with Gasteiger partial charge in [-0.25, -0.2) is 4.79 Å². The molecule has 7 nitrogen and oxygen atoms in total. The summed E-state index contributed by atoms with van der Waals surface area (Å²) in [6, 6.07) is 6.14. The molecule has 3 amide bonds. The van der Waals surface area contributed by atoms with Crippen molar-refractivity contribution in [3.05, 3.63) is 35.4 Å². The van der Waals surface area contributed by atoms with Crippen LogP contribution in [0.3, 0.4) is 0 Å². The van der Waals surface area contributed by atoms with Gasteiger partial charge >= 0.3 is 6.09 Å². The van der Waals surface area contributed by atoms with Crippen LogP contribution >= 0.6 is 11.8 Å². The number of amides is 3. The number of likely N-dealkylation sites (N-methyl/N-ethyl adjacent to an activating group) is 1. The van der Waals surface area contributed by atoms with Crippen LogP contribution in [-0.2, 0) is 20.7 Å². The predicted molar refractivity (Wildman–Crippen MR) is 140 cm³/mol. The van der Waals surface area contributed by atoms with E-state index in [9.17, 15) is 14.4 Å². The summed E-state index contributed by atoms with van der Waals surface area (Å²) in [5, 5.41) is 5.76. The summed E-state index contributed by atoms with van der Waals surface area (Å²) >= 11 is 1.59. The van der Waals surface area contributed by atoms with Crippen molar-refractivity contribution in [2.24, 2.45) is 0 Å². The van der Waals surface area contributed by atoms with Gasteiger partial charge in [-0.05, 0) is 70.1 Å². The van der Waals surface area contributed by atoms with Crippen LogP contribution < -0.4 is 10.6 Å². The van der Waals surface area contributed by atoms with Crippen molar-refractivity contribution in [2.75, 3.05) is 19.1 Å². The van der Waals surface area contributed by atoms with Gasteiger partial charge in [0.1, 0.15) is 17.7 Å². The third-order valence-corrected chi connectivity index (χ3v) is 6.04. The Balaban J connectivity index is 3.23. The number of nitrogens with zero attached hydrogens (tertiary/aromatic N) is 1. The first-order chi connectivity index (χ1) is 15.9. The summed E-state index contributed by atoms with van der Waals surface area (Å²) in [5.41, 5.74) is 1.21. The fourth-order valence-corrected chi connectivity index (χ4v) is 4.10. The van der Waals surface area contributed by atoms with Crippen molar-refractivity contribution in [3.8, 4) is 0 Å². The van der Waals surface area contributed by atoms with Crippen molar-refractivity contribution < 1.29 is 19.1 Å². The second-order valence-corrected chi connectivity index (χ2v) is 10.6. The van der Waals surface area contributed by atoms with Crippen molar-refractivity contribution in [2.45, 2.75) is 91.0 Å². The van der Waals surface area contributed by atoms with E-state index in [1.165, 1.54) is 4.90 Å². The van der Waals surface area contributed by atoms with Crippen LogP contribution in [0.5, 0.6) is 0 Å². The molecule has 2 N–H and O–H groups in total. The zero-order valence-corrected chi connectivity index (χ0v) is 22.9. The maximum atomic E-state index is 13.6. The Bertz CT molecular complexity index is 792. The number of aryl methyl sites for hydroxylation is 1. The lowest BCUT2D eigenvalue weighted by molar-refractivity contribution is -0.141.